The van der Waals surface area contributed by atoms with Gasteiger partial charge in [-0.25, -0.2) is 0 Å². The van der Waals surface area contributed by atoms with E-state index in [-0.39, 0.29) is 0 Å². The maximum Gasteiger partial charge on any atom is 0.119 e. The lowest BCUT2D eigenvalue weighted by Crippen LogP contribution is -2.38. The molecule has 1 fully saturated rings. The molecule has 1 N–H and O–H groups in total. The molecule has 0 aromatic heterocycles. The fourth-order valence-electron chi connectivity index (χ4n) is 3.16. The molecular weight excluding hydrogens is 248 g/mol. The van der Waals surface area contributed by atoms with E-state index in [2.05, 4.69) is 49.4 Å². The van der Waals surface area contributed by atoms with Crippen molar-refractivity contribution in [2.45, 2.75) is 38.3 Å². The summed E-state index contributed by atoms with van der Waals surface area (Å²) in [7, 11) is 6.01. The van der Waals surface area contributed by atoms with Gasteiger partial charge in [-0.1, -0.05) is 25.5 Å². The molecule has 112 valence electrons. The van der Waals surface area contributed by atoms with E-state index >= 15 is 0 Å². The van der Waals surface area contributed by atoms with Gasteiger partial charge in [0.2, 0.25) is 0 Å². The van der Waals surface area contributed by atoms with E-state index in [1.165, 1.54) is 24.8 Å². The Kier molecular flexibility index (Phi) is 5.44. The Morgan fingerprint density at radius 1 is 1.35 bits per heavy atom. The number of hydrogen-bond acceptors (Lipinski definition) is 3. The van der Waals surface area contributed by atoms with Crippen LogP contribution in [0, 0.1) is 5.92 Å². The van der Waals surface area contributed by atoms with Gasteiger partial charge in [0.15, 0.2) is 0 Å². The molecule has 20 heavy (non-hydrogen) atoms. The Balaban J connectivity index is 2.02. The van der Waals surface area contributed by atoms with E-state index in [0.29, 0.717) is 12.1 Å². The summed E-state index contributed by atoms with van der Waals surface area (Å²) in [6, 6.07) is 9.48. The first-order valence-corrected chi connectivity index (χ1v) is 7.65. The molecule has 3 unspecified atom stereocenters. The molecule has 0 saturated heterocycles. The van der Waals surface area contributed by atoms with Crippen molar-refractivity contribution in [1.29, 1.82) is 0 Å². The van der Waals surface area contributed by atoms with Crippen molar-refractivity contribution < 1.29 is 4.74 Å². The molecule has 0 heterocycles. The van der Waals surface area contributed by atoms with Crippen LogP contribution in [0.5, 0.6) is 5.75 Å². The lowest BCUT2D eigenvalue weighted by Gasteiger charge is -2.28. The average molecular weight is 276 g/mol. The van der Waals surface area contributed by atoms with Gasteiger partial charge in [0.05, 0.1) is 7.11 Å². The van der Waals surface area contributed by atoms with E-state index in [9.17, 15) is 0 Å². The second-order valence-electron chi connectivity index (χ2n) is 6.18. The van der Waals surface area contributed by atoms with Crippen LogP contribution >= 0.6 is 0 Å². The number of rotatable bonds is 6. The average Bonchev–Trinajstić information content (AvgIpc) is 2.84. The first kappa shape index (κ1) is 15.3. The third-order valence-electron chi connectivity index (χ3n) is 4.54. The lowest BCUT2D eigenvalue weighted by atomic mass is 10.0. The highest BCUT2D eigenvalue weighted by Gasteiger charge is 2.24. The van der Waals surface area contributed by atoms with Crippen LogP contribution in [0.2, 0.25) is 0 Å². The van der Waals surface area contributed by atoms with Crippen LogP contribution < -0.4 is 10.1 Å². The molecule has 0 bridgehead atoms. The topological polar surface area (TPSA) is 24.5 Å². The minimum Gasteiger partial charge on any atom is -0.497 e. The molecule has 0 spiro atoms. The summed E-state index contributed by atoms with van der Waals surface area (Å²) in [6.45, 7) is 3.36. The second-order valence-corrected chi connectivity index (χ2v) is 6.18. The number of ether oxygens (including phenoxy) is 1. The van der Waals surface area contributed by atoms with Crippen LogP contribution in [-0.2, 0) is 0 Å². The number of hydrogen-bond donors (Lipinski definition) is 1. The van der Waals surface area contributed by atoms with Gasteiger partial charge in [0, 0.05) is 18.6 Å². The monoisotopic (exact) mass is 276 g/mol. The normalized spacial score (nSPS) is 24.1. The van der Waals surface area contributed by atoms with Gasteiger partial charge >= 0.3 is 0 Å². The van der Waals surface area contributed by atoms with Crippen LogP contribution in [-0.4, -0.2) is 38.7 Å². The SMILES string of the molecule is COc1cccc(C(CNC2CCCC2C)N(C)C)c1. The van der Waals surface area contributed by atoms with Crippen LogP contribution in [0.3, 0.4) is 0 Å². The molecule has 1 aliphatic rings. The van der Waals surface area contributed by atoms with Crippen LogP contribution in [0.4, 0.5) is 0 Å². The summed E-state index contributed by atoms with van der Waals surface area (Å²) >= 11 is 0. The standard InChI is InChI=1S/C17H28N2O/c1-13-7-5-10-16(13)18-12-17(19(2)3)14-8-6-9-15(11-14)20-4/h6,8-9,11,13,16-18H,5,7,10,12H2,1-4H3. The van der Waals surface area contributed by atoms with E-state index in [1.807, 2.05) is 6.07 Å². The number of methoxy groups -OCH3 is 1. The number of nitrogens with zero attached hydrogens (tertiary/aromatic N) is 1. The van der Waals surface area contributed by atoms with Crippen LogP contribution in [0.1, 0.15) is 37.8 Å². The van der Waals surface area contributed by atoms with E-state index < -0.39 is 0 Å². The maximum absolute atomic E-state index is 5.34. The first-order valence-electron chi connectivity index (χ1n) is 7.65. The third-order valence-corrected chi connectivity index (χ3v) is 4.54. The summed E-state index contributed by atoms with van der Waals surface area (Å²) in [5.74, 6) is 1.74. The highest BCUT2D eigenvalue weighted by Crippen LogP contribution is 2.27. The molecule has 0 amide bonds. The van der Waals surface area contributed by atoms with Crippen molar-refractivity contribution >= 4 is 0 Å². The largest absolute Gasteiger partial charge is 0.497 e. The fourth-order valence-corrected chi connectivity index (χ4v) is 3.16. The molecule has 1 aromatic carbocycles. The zero-order valence-corrected chi connectivity index (χ0v) is 13.2. The van der Waals surface area contributed by atoms with Crippen molar-refractivity contribution in [3.63, 3.8) is 0 Å². The molecule has 2 rings (SSSR count). The molecule has 3 heteroatoms. The summed E-state index contributed by atoms with van der Waals surface area (Å²) < 4.78 is 5.34. The van der Waals surface area contributed by atoms with Gasteiger partial charge in [0.25, 0.3) is 0 Å². The molecule has 3 atom stereocenters. The minimum absolute atomic E-state index is 0.387. The Hall–Kier alpha value is -1.06. The van der Waals surface area contributed by atoms with E-state index in [1.54, 1.807) is 7.11 Å². The highest BCUT2D eigenvalue weighted by atomic mass is 16.5. The van der Waals surface area contributed by atoms with Gasteiger partial charge < -0.3 is 15.0 Å². The van der Waals surface area contributed by atoms with Crippen LogP contribution in [0.15, 0.2) is 24.3 Å². The molecule has 0 aliphatic heterocycles. The third kappa shape index (κ3) is 3.74. The summed E-state index contributed by atoms with van der Waals surface area (Å²) in [5, 5.41) is 3.77. The van der Waals surface area contributed by atoms with E-state index in [4.69, 9.17) is 4.74 Å². The second kappa shape index (κ2) is 7.09. The number of benzene rings is 1. The van der Waals surface area contributed by atoms with Crippen molar-refractivity contribution in [3.8, 4) is 5.75 Å². The molecule has 3 nitrogen and oxygen atoms in total. The predicted octanol–water partition coefficient (Wildman–Crippen LogP) is 3.08. The summed E-state index contributed by atoms with van der Waals surface area (Å²) in [5.41, 5.74) is 1.31. The van der Waals surface area contributed by atoms with Gasteiger partial charge in [-0.3, -0.25) is 0 Å². The van der Waals surface area contributed by atoms with E-state index in [0.717, 1.165) is 18.2 Å². The Bertz CT molecular complexity index is 419. The zero-order valence-electron chi connectivity index (χ0n) is 13.2. The maximum atomic E-state index is 5.34. The van der Waals surface area contributed by atoms with Crippen molar-refractivity contribution in [1.82, 2.24) is 10.2 Å². The number of likely N-dealkylation sites (N-methyl/N-ethyl adjacent to an activating group) is 1. The zero-order chi connectivity index (χ0) is 14.5. The minimum atomic E-state index is 0.387. The van der Waals surface area contributed by atoms with Gasteiger partial charge in [-0.2, -0.15) is 0 Å². The first-order chi connectivity index (χ1) is 9.61. The van der Waals surface area contributed by atoms with Gasteiger partial charge in [0.1, 0.15) is 5.75 Å². The van der Waals surface area contributed by atoms with Crippen molar-refractivity contribution in [2.75, 3.05) is 27.7 Å². The summed E-state index contributed by atoms with van der Waals surface area (Å²) in [6.07, 6.45) is 4.05. The fraction of sp³-hybridized carbons (Fsp3) is 0.647. The predicted molar refractivity (Wildman–Crippen MR) is 84.2 cm³/mol. The quantitative estimate of drug-likeness (QED) is 0.864. The summed E-state index contributed by atoms with van der Waals surface area (Å²) in [4.78, 5) is 2.28. The molecule has 0 radical (unpaired) electrons. The Morgan fingerprint density at radius 2 is 2.15 bits per heavy atom. The Labute approximate surface area is 123 Å². The highest BCUT2D eigenvalue weighted by molar-refractivity contribution is 5.30. The Morgan fingerprint density at radius 3 is 2.75 bits per heavy atom. The molecular formula is C17H28N2O. The lowest BCUT2D eigenvalue weighted by molar-refractivity contribution is 0.270. The number of nitrogens with one attached hydrogen (secondary N) is 1. The van der Waals surface area contributed by atoms with Crippen LogP contribution in [0.25, 0.3) is 0 Å². The van der Waals surface area contributed by atoms with Gasteiger partial charge in [-0.05, 0) is 50.6 Å². The molecule has 1 saturated carbocycles. The smallest absolute Gasteiger partial charge is 0.119 e. The molecule has 1 aliphatic carbocycles. The molecule has 1 aromatic rings. The van der Waals surface area contributed by atoms with Gasteiger partial charge in [-0.15, -0.1) is 0 Å². The van der Waals surface area contributed by atoms with Crippen molar-refractivity contribution in [3.05, 3.63) is 29.8 Å². The van der Waals surface area contributed by atoms with Crippen molar-refractivity contribution in [2.24, 2.45) is 5.92 Å².